The number of halogens is 1. The number of sulfonamides is 1. The Morgan fingerprint density at radius 3 is 2.63 bits per heavy atom. The Hall–Kier alpha value is -1.48. The van der Waals surface area contributed by atoms with Gasteiger partial charge in [-0.3, -0.25) is 9.78 Å². The molecule has 1 fully saturated rings. The maximum atomic E-state index is 12.9. The monoisotopic (exact) mass is 427 g/mol. The zero-order valence-electron chi connectivity index (χ0n) is 15.0. The fourth-order valence-corrected chi connectivity index (χ4v) is 5.76. The molecule has 3 heterocycles. The summed E-state index contributed by atoms with van der Waals surface area (Å²) in [6.45, 7) is 3.80. The molecular formula is C18H22ClN3O3S2. The number of carbonyl (C=O) groups excluding carboxylic acids is 1. The first kappa shape index (κ1) is 20.3. The van der Waals surface area contributed by atoms with Crippen LogP contribution in [0.25, 0.3) is 0 Å². The quantitative estimate of drug-likeness (QED) is 0.709. The Bertz CT molecular complexity index is 878. The molecule has 0 bridgehead atoms. The summed E-state index contributed by atoms with van der Waals surface area (Å²) in [4.78, 5) is 19.8. The van der Waals surface area contributed by atoms with Crippen molar-refractivity contribution >= 4 is 38.9 Å². The van der Waals surface area contributed by atoms with Gasteiger partial charge < -0.3 is 4.90 Å². The minimum Gasteiger partial charge on any atom is -0.338 e. The zero-order valence-corrected chi connectivity index (χ0v) is 17.4. The first-order valence-electron chi connectivity index (χ1n) is 8.85. The topological polar surface area (TPSA) is 70.6 Å². The van der Waals surface area contributed by atoms with E-state index in [1.165, 1.54) is 21.8 Å². The van der Waals surface area contributed by atoms with Crippen molar-refractivity contribution in [1.82, 2.24) is 14.2 Å². The van der Waals surface area contributed by atoms with E-state index in [1.807, 2.05) is 24.0 Å². The van der Waals surface area contributed by atoms with E-state index < -0.39 is 10.0 Å². The van der Waals surface area contributed by atoms with Crippen LogP contribution >= 0.6 is 22.9 Å². The lowest BCUT2D eigenvalue weighted by Crippen LogP contribution is -2.44. The Kier molecular flexibility index (Phi) is 6.52. The molecular weight excluding hydrogens is 406 g/mol. The van der Waals surface area contributed by atoms with Crippen molar-refractivity contribution in [3.63, 3.8) is 0 Å². The molecule has 1 aliphatic heterocycles. The van der Waals surface area contributed by atoms with E-state index in [0.717, 1.165) is 4.88 Å². The lowest BCUT2D eigenvalue weighted by atomic mass is 9.96. The van der Waals surface area contributed by atoms with E-state index in [-0.39, 0.29) is 16.7 Å². The molecule has 0 N–H and O–H groups in total. The average Bonchev–Trinajstić information content (AvgIpc) is 3.11. The minimum atomic E-state index is -3.55. The second-order valence-electron chi connectivity index (χ2n) is 6.43. The summed E-state index contributed by atoms with van der Waals surface area (Å²) in [5, 5.41) is 0. The molecule has 2 aromatic rings. The molecule has 3 rings (SSSR count). The van der Waals surface area contributed by atoms with E-state index in [1.54, 1.807) is 18.3 Å². The number of aromatic nitrogens is 1. The molecule has 9 heteroatoms. The molecule has 0 radical (unpaired) electrons. The van der Waals surface area contributed by atoms with Crippen LogP contribution in [-0.2, 0) is 21.4 Å². The predicted molar refractivity (Wildman–Crippen MR) is 106 cm³/mol. The van der Waals surface area contributed by atoms with Gasteiger partial charge in [0, 0.05) is 42.8 Å². The van der Waals surface area contributed by atoms with Crippen LogP contribution in [0.5, 0.6) is 0 Å². The first-order valence-corrected chi connectivity index (χ1v) is 11.5. The van der Waals surface area contributed by atoms with Gasteiger partial charge in [-0.05, 0) is 44.0 Å². The normalized spacial score (nSPS) is 16.4. The van der Waals surface area contributed by atoms with Crippen LogP contribution in [0, 0.1) is 5.92 Å². The number of nitrogens with zero attached hydrogens (tertiary/aromatic N) is 3. The van der Waals surface area contributed by atoms with Crippen molar-refractivity contribution in [2.24, 2.45) is 5.92 Å². The SMILES string of the molecule is CCN(Cc1ccc(Cl)s1)C(=O)C1CCN(S(=O)(=O)c2cccnc2)CC1. The second-order valence-corrected chi connectivity index (χ2v) is 10.2. The van der Waals surface area contributed by atoms with Gasteiger partial charge in [-0.1, -0.05) is 11.6 Å². The maximum Gasteiger partial charge on any atom is 0.244 e. The highest BCUT2D eigenvalue weighted by Gasteiger charge is 2.33. The predicted octanol–water partition coefficient (Wildman–Crippen LogP) is 3.25. The van der Waals surface area contributed by atoms with E-state index >= 15 is 0 Å². The van der Waals surface area contributed by atoms with Crippen molar-refractivity contribution in [2.75, 3.05) is 19.6 Å². The van der Waals surface area contributed by atoms with Crippen LogP contribution in [0.15, 0.2) is 41.6 Å². The molecule has 0 aliphatic carbocycles. The van der Waals surface area contributed by atoms with Gasteiger partial charge in [0.2, 0.25) is 15.9 Å². The standard InChI is InChI=1S/C18H22ClN3O3S2/c1-2-21(13-15-5-6-17(19)26-15)18(23)14-7-10-22(11-8-14)27(24,25)16-4-3-9-20-12-16/h3-6,9,12,14H,2,7-8,10-11,13H2,1H3. The highest BCUT2D eigenvalue weighted by molar-refractivity contribution is 7.89. The van der Waals surface area contributed by atoms with Gasteiger partial charge in [-0.2, -0.15) is 4.31 Å². The van der Waals surface area contributed by atoms with Crippen LogP contribution in [0.4, 0.5) is 0 Å². The second kappa shape index (κ2) is 8.68. The molecule has 27 heavy (non-hydrogen) atoms. The fourth-order valence-electron chi connectivity index (χ4n) is 3.22. The van der Waals surface area contributed by atoms with Gasteiger partial charge in [-0.25, -0.2) is 8.42 Å². The molecule has 0 aromatic carbocycles. The Balaban J connectivity index is 1.61. The largest absolute Gasteiger partial charge is 0.338 e. The van der Waals surface area contributed by atoms with E-state index in [9.17, 15) is 13.2 Å². The number of hydrogen-bond acceptors (Lipinski definition) is 5. The van der Waals surface area contributed by atoms with Crippen molar-refractivity contribution < 1.29 is 13.2 Å². The molecule has 0 atom stereocenters. The van der Waals surface area contributed by atoms with Crippen molar-refractivity contribution in [3.8, 4) is 0 Å². The van der Waals surface area contributed by atoms with Crippen molar-refractivity contribution in [1.29, 1.82) is 0 Å². The van der Waals surface area contributed by atoms with E-state index in [4.69, 9.17) is 11.6 Å². The highest BCUT2D eigenvalue weighted by Crippen LogP contribution is 2.27. The van der Waals surface area contributed by atoms with Gasteiger partial charge in [-0.15, -0.1) is 11.3 Å². The summed E-state index contributed by atoms with van der Waals surface area (Å²) >= 11 is 7.45. The molecule has 6 nitrogen and oxygen atoms in total. The zero-order chi connectivity index (χ0) is 19.4. The van der Waals surface area contributed by atoms with Crippen LogP contribution in [0.1, 0.15) is 24.6 Å². The van der Waals surface area contributed by atoms with Gasteiger partial charge in [0.05, 0.1) is 10.9 Å². The number of amides is 1. The van der Waals surface area contributed by atoms with Crippen LogP contribution in [0.2, 0.25) is 4.34 Å². The molecule has 0 spiro atoms. The Labute approximate surface area is 168 Å². The summed E-state index contributed by atoms with van der Waals surface area (Å²) in [6.07, 6.45) is 3.96. The molecule has 1 aliphatic rings. The van der Waals surface area contributed by atoms with Gasteiger partial charge in [0.15, 0.2) is 0 Å². The van der Waals surface area contributed by atoms with Gasteiger partial charge >= 0.3 is 0 Å². The van der Waals surface area contributed by atoms with Crippen molar-refractivity contribution in [3.05, 3.63) is 45.9 Å². The maximum absolute atomic E-state index is 12.9. The lowest BCUT2D eigenvalue weighted by molar-refractivity contribution is -0.137. The van der Waals surface area contributed by atoms with E-state index in [0.29, 0.717) is 43.4 Å². The summed E-state index contributed by atoms with van der Waals surface area (Å²) in [5.74, 6) is -0.0684. The number of rotatable bonds is 6. The van der Waals surface area contributed by atoms with E-state index in [2.05, 4.69) is 4.98 Å². The number of hydrogen-bond donors (Lipinski definition) is 0. The summed E-state index contributed by atoms with van der Waals surface area (Å²) in [5.41, 5.74) is 0. The van der Waals surface area contributed by atoms with Gasteiger partial charge in [0.1, 0.15) is 4.90 Å². The third-order valence-corrected chi connectivity index (χ3v) is 7.84. The summed E-state index contributed by atoms with van der Waals surface area (Å²) in [7, 11) is -3.55. The molecule has 1 amide bonds. The number of carbonyl (C=O) groups is 1. The Morgan fingerprint density at radius 2 is 2.07 bits per heavy atom. The van der Waals surface area contributed by atoms with Crippen LogP contribution in [0.3, 0.4) is 0 Å². The molecule has 0 unspecified atom stereocenters. The number of thiophene rings is 1. The summed E-state index contributed by atoms with van der Waals surface area (Å²) < 4.78 is 27.5. The fraction of sp³-hybridized carbons (Fsp3) is 0.444. The van der Waals surface area contributed by atoms with Crippen LogP contribution < -0.4 is 0 Å². The third kappa shape index (κ3) is 4.68. The highest BCUT2D eigenvalue weighted by atomic mass is 35.5. The summed E-state index contributed by atoms with van der Waals surface area (Å²) in [6, 6.07) is 6.93. The van der Waals surface area contributed by atoms with Crippen molar-refractivity contribution in [2.45, 2.75) is 31.2 Å². The third-order valence-electron chi connectivity index (χ3n) is 4.74. The molecule has 0 saturated carbocycles. The number of pyridine rings is 1. The van der Waals surface area contributed by atoms with Gasteiger partial charge in [0.25, 0.3) is 0 Å². The molecule has 146 valence electrons. The Morgan fingerprint density at radius 1 is 1.33 bits per heavy atom. The molecule has 2 aromatic heterocycles. The number of piperidine rings is 1. The molecule has 1 saturated heterocycles. The smallest absolute Gasteiger partial charge is 0.244 e. The lowest BCUT2D eigenvalue weighted by Gasteiger charge is -2.33. The van der Waals surface area contributed by atoms with Crippen LogP contribution in [-0.4, -0.2) is 48.1 Å². The first-order chi connectivity index (χ1) is 12.9. The average molecular weight is 428 g/mol. The minimum absolute atomic E-state index is 0.0837.